The van der Waals surface area contributed by atoms with Gasteiger partial charge in [0, 0.05) is 0 Å². The fourth-order valence-corrected chi connectivity index (χ4v) is 1.70. The van der Waals surface area contributed by atoms with E-state index in [1.54, 1.807) is 24.3 Å². The van der Waals surface area contributed by atoms with Crippen molar-refractivity contribution < 1.29 is 23.6 Å². The van der Waals surface area contributed by atoms with Crippen molar-refractivity contribution in [3.63, 3.8) is 0 Å². The summed E-state index contributed by atoms with van der Waals surface area (Å²) in [7, 11) is 0. The highest BCUT2D eigenvalue weighted by atomic mass is 16.6. The van der Waals surface area contributed by atoms with Crippen molar-refractivity contribution in [1.82, 2.24) is 5.43 Å². The lowest BCUT2D eigenvalue weighted by Crippen LogP contribution is -2.24. The molecule has 2 aromatic rings. The summed E-state index contributed by atoms with van der Waals surface area (Å²) in [5.74, 6) is 0.223. The monoisotopic (exact) mass is 333 g/mol. The first-order valence-corrected chi connectivity index (χ1v) is 7.01. The highest BCUT2D eigenvalue weighted by molar-refractivity contribution is 5.81. The zero-order chi connectivity index (χ0) is 17.4. The number of rotatable bonds is 8. The topological polar surface area (TPSA) is 116 Å². The van der Waals surface area contributed by atoms with Crippen LogP contribution < -0.4 is 14.9 Å². The Morgan fingerprint density at radius 2 is 2.00 bits per heavy atom. The molecule has 0 fully saturated rings. The molecule has 0 aliphatic heterocycles. The van der Waals surface area contributed by atoms with Crippen molar-refractivity contribution in [2.75, 3.05) is 13.2 Å². The Balaban J connectivity index is 1.83. The lowest BCUT2D eigenvalue weighted by molar-refractivity contribution is -0.402. The van der Waals surface area contributed by atoms with Crippen molar-refractivity contribution in [2.24, 2.45) is 5.10 Å². The van der Waals surface area contributed by atoms with Crippen LogP contribution >= 0.6 is 0 Å². The summed E-state index contributed by atoms with van der Waals surface area (Å²) < 4.78 is 15.6. The van der Waals surface area contributed by atoms with E-state index in [4.69, 9.17) is 13.9 Å². The molecule has 0 aliphatic carbocycles. The minimum Gasteiger partial charge on any atom is -0.490 e. The molecule has 1 N–H and O–H groups in total. The van der Waals surface area contributed by atoms with Crippen LogP contribution in [0.25, 0.3) is 0 Å². The van der Waals surface area contributed by atoms with E-state index in [1.807, 2.05) is 6.92 Å². The third-order valence-electron chi connectivity index (χ3n) is 2.68. The van der Waals surface area contributed by atoms with E-state index in [1.165, 1.54) is 12.1 Å². The zero-order valence-corrected chi connectivity index (χ0v) is 12.8. The van der Waals surface area contributed by atoms with E-state index in [0.717, 1.165) is 6.21 Å². The van der Waals surface area contributed by atoms with Crippen molar-refractivity contribution in [3.05, 3.63) is 52.3 Å². The molecule has 9 nitrogen and oxygen atoms in total. The third kappa shape index (κ3) is 4.83. The smallest absolute Gasteiger partial charge is 0.433 e. The Morgan fingerprint density at radius 3 is 2.62 bits per heavy atom. The molecule has 1 heterocycles. The Bertz CT molecular complexity index is 740. The number of benzene rings is 1. The van der Waals surface area contributed by atoms with E-state index < -0.39 is 16.7 Å². The Labute approximate surface area is 137 Å². The van der Waals surface area contributed by atoms with Crippen LogP contribution in [0, 0.1) is 10.1 Å². The Morgan fingerprint density at radius 1 is 1.29 bits per heavy atom. The summed E-state index contributed by atoms with van der Waals surface area (Å²) in [5.41, 5.74) is 2.23. The lowest BCUT2D eigenvalue weighted by atomic mass is 10.3. The normalized spacial score (nSPS) is 10.5. The molecule has 9 heteroatoms. The zero-order valence-electron chi connectivity index (χ0n) is 12.8. The van der Waals surface area contributed by atoms with E-state index >= 15 is 0 Å². The summed E-state index contributed by atoms with van der Waals surface area (Å²) in [6, 6.07) is 9.53. The van der Waals surface area contributed by atoms with Crippen LogP contribution in [0.15, 0.2) is 45.9 Å². The first-order chi connectivity index (χ1) is 11.6. The standard InChI is InChI=1S/C15H15N3O6/c1-2-22-12-5-3-4-6-13(12)23-10-14(19)17-16-9-11-7-8-15(24-11)18(20)21/h3-9H,2,10H2,1H3,(H,17,19)/b16-9+. The quantitative estimate of drug-likeness (QED) is 0.449. The predicted molar refractivity (Wildman–Crippen MR) is 84.2 cm³/mol. The lowest BCUT2D eigenvalue weighted by Gasteiger charge is -2.10. The van der Waals surface area contributed by atoms with Crippen molar-refractivity contribution >= 4 is 18.0 Å². The van der Waals surface area contributed by atoms with Gasteiger partial charge in [-0.05, 0) is 25.1 Å². The maximum atomic E-state index is 11.7. The largest absolute Gasteiger partial charge is 0.490 e. The van der Waals surface area contributed by atoms with Crippen LogP contribution in [0.4, 0.5) is 5.88 Å². The minimum absolute atomic E-state index is 0.143. The fourth-order valence-electron chi connectivity index (χ4n) is 1.70. The van der Waals surface area contributed by atoms with E-state index in [-0.39, 0.29) is 12.4 Å². The molecule has 24 heavy (non-hydrogen) atoms. The molecule has 1 aromatic heterocycles. The number of hydrazone groups is 1. The number of nitrogens with one attached hydrogen (secondary N) is 1. The second kappa shape index (κ2) is 8.32. The van der Waals surface area contributed by atoms with Gasteiger partial charge in [-0.15, -0.1) is 0 Å². The number of nitro groups is 1. The molecule has 0 aliphatic rings. The highest BCUT2D eigenvalue weighted by Crippen LogP contribution is 2.26. The summed E-state index contributed by atoms with van der Waals surface area (Å²) in [6.07, 6.45) is 1.15. The van der Waals surface area contributed by atoms with Gasteiger partial charge in [0.05, 0.1) is 18.9 Å². The summed E-state index contributed by atoms with van der Waals surface area (Å²) in [6.45, 7) is 2.06. The first-order valence-electron chi connectivity index (χ1n) is 7.01. The van der Waals surface area contributed by atoms with Crippen LogP contribution in [0.2, 0.25) is 0 Å². The fraction of sp³-hybridized carbons (Fsp3) is 0.200. The van der Waals surface area contributed by atoms with Crippen LogP contribution in [0.3, 0.4) is 0 Å². The number of hydrogen-bond donors (Lipinski definition) is 1. The first kappa shape index (κ1) is 17.0. The van der Waals surface area contributed by atoms with E-state index in [9.17, 15) is 14.9 Å². The average molecular weight is 333 g/mol. The van der Waals surface area contributed by atoms with E-state index in [0.29, 0.717) is 18.1 Å². The maximum Gasteiger partial charge on any atom is 0.433 e. The number of nitrogens with zero attached hydrogens (tertiary/aromatic N) is 2. The molecule has 0 atom stereocenters. The number of hydrogen-bond acceptors (Lipinski definition) is 7. The number of ether oxygens (including phenoxy) is 2. The number of furan rings is 1. The molecular weight excluding hydrogens is 318 g/mol. The van der Waals surface area contributed by atoms with Crippen LogP contribution in [-0.2, 0) is 4.79 Å². The van der Waals surface area contributed by atoms with Gasteiger partial charge in [0.15, 0.2) is 23.9 Å². The van der Waals surface area contributed by atoms with Crippen LogP contribution in [0.5, 0.6) is 11.5 Å². The third-order valence-corrected chi connectivity index (χ3v) is 2.68. The van der Waals surface area contributed by atoms with Crippen molar-refractivity contribution in [1.29, 1.82) is 0 Å². The number of para-hydroxylation sites is 2. The number of carbonyl (C=O) groups excluding carboxylic acids is 1. The molecule has 2 rings (SSSR count). The molecule has 1 aromatic carbocycles. The van der Waals surface area contributed by atoms with Gasteiger partial charge in [0.25, 0.3) is 5.91 Å². The van der Waals surface area contributed by atoms with Crippen molar-refractivity contribution in [2.45, 2.75) is 6.92 Å². The van der Waals surface area contributed by atoms with Crippen molar-refractivity contribution in [3.8, 4) is 11.5 Å². The molecule has 0 saturated heterocycles. The minimum atomic E-state index is -0.667. The van der Waals surface area contributed by atoms with Gasteiger partial charge >= 0.3 is 5.88 Å². The van der Waals surface area contributed by atoms with Gasteiger partial charge in [0.1, 0.15) is 4.92 Å². The molecule has 0 unspecified atom stereocenters. The molecule has 0 radical (unpaired) electrons. The summed E-state index contributed by atoms with van der Waals surface area (Å²) >= 11 is 0. The number of carbonyl (C=O) groups is 1. The average Bonchev–Trinajstić information content (AvgIpc) is 3.03. The van der Waals surface area contributed by atoms with Gasteiger partial charge in [-0.1, -0.05) is 12.1 Å². The second-order valence-corrected chi connectivity index (χ2v) is 4.39. The second-order valence-electron chi connectivity index (χ2n) is 4.39. The predicted octanol–water partition coefficient (Wildman–Crippen LogP) is 2.12. The maximum absolute atomic E-state index is 11.7. The molecule has 0 saturated carbocycles. The van der Waals surface area contributed by atoms with Gasteiger partial charge in [-0.2, -0.15) is 5.10 Å². The van der Waals surface area contributed by atoms with Gasteiger partial charge in [-0.25, -0.2) is 5.43 Å². The Hall–Kier alpha value is -3.36. The van der Waals surface area contributed by atoms with Crippen LogP contribution in [-0.4, -0.2) is 30.3 Å². The molecule has 0 bridgehead atoms. The van der Waals surface area contributed by atoms with E-state index in [2.05, 4.69) is 10.5 Å². The molecule has 0 spiro atoms. The highest BCUT2D eigenvalue weighted by Gasteiger charge is 2.10. The molecule has 1 amide bonds. The molecular formula is C15H15N3O6. The van der Waals surface area contributed by atoms with Gasteiger partial charge in [-0.3, -0.25) is 14.9 Å². The SMILES string of the molecule is CCOc1ccccc1OCC(=O)N/N=C/c1ccc([N+](=O)[O-])o1. The van der Waals surface area contributed by atoms with Crippen LogP contribution in [0.1, 0.15) is 12.7 Å². The van der Waals surface area contributed by atoms with Gasteiger partial charge in [0.2, 0.25) is 0 Å². The number of amides is 1. The summed E-state index contributed by atoms with van der Waals surface area (Å²) in [4.78, 5) is 21.5. The molecule has 126 valence electrons. The van der Waals surface area contributed by atoms with Gasteiger partial charge < -0.3 is 13.9 Å². The summed E-state index contributed by atoms with van der Waals surface area (Å²) in [5, 5.41) is 14.1. The Kier molecular flexibility index (Phi) is 5.89.